The number of nitrogens with one attached hydrogen (secondary N) is 1. The molecule has 1 amide bonds. The third-order valence-electron chi connectivity index (χ3n) is 4.95. The first kappa shape index (κ1) is 21.4. The molecule has 0 saturated carbocycles. The van der Waals surface area contributed by atoms with Crippen LogP contribution in [0.2, 0.25) is 0 Å². The van der Waals surface area contributed by atoms with E-state index in [4.69, 9.17) is 9.47 Å². The highest BCUT2D eigenvalue weighted by atomic mass is 16.5. The molecule has 1 saturated heterocycles. The average molecular weight is 376 g/mol. The van der Waals surface area contributed by atoms with E-state index in [1.807, 2.05) is 18.2 Å². The second-order valence-corrected chi connectivity index (χ2v) is 7.53. The molecule has 150 valence electrons. The summed E-state index contributed by atoms with van der Waals surface area (Å²) >= 11 is 0. The molecule has 0 unspecified atom stereocenters. The maximum absolute atomic E-state index is 11.6. The minimum Gasteiger partial charge on any atom is -0.462 e. The molecule has 5 heteroatoms. The lowest BCUT2D eigenvalue weighted by atomic mass is 9.92. The fourth-order valence-corrected chi connectivity index (χ4v) is 3.90. The number of hydrogen-bond acceptors (Lipinski definition) is 4. The number of esters is 1. The van der Waals surface area contributed by atoms with Crippen molar-refractivity contribution < 1.29 is 19.1 Å². The Balaban J connectivity index is 1.97. The van der Waals surface area contributed by atoms with Gasteiger partial charge in [0.15, 0.2) is 0 Å². The molecule has 1 fully saturated rings. The van der Waals surface area contributed by atoms with Crippen LogP contribution in [0, 0.1) is 0 Å². The van der Waals surface area contributed by atoms with E-state index < -0.39 is 0 Å². The highest BCUT2D eigenvalue weighted by Gasteiger charge is 2.31. The van der Waals surface area contributed by atoms with E-state index in [9.17, 15) is 9.59 Å². The lowest BCUT2D eigenvalue weighted by molar-refractivity contribution is -0.150. The van der Waals surface area contributed by atoms with E-state index in [0.717, 1.165) is 38.5 Å². The van der Waals surface area contributed by atoms with E-state index in [0.29, 0.717) is 6.42 Å². The van der Waals surface area contributed by atoms with Crippen LogP contribution >= 0.6 is 0 Å². The number of hydrogen-bond donors (Lipinski definition) is 1. The number of carbonyl (C=O) groups is 2. The van der Waals surface area contributed by atoms with Crippen LogP contribution in [0.25, 0.3) is 0 Å². The summed E-state index contributed by atoms with van der Waals surface area (Å²) in [5.74, 6) is -0.260. The summed E-state index contributed by atoms with van der Waals surface area (Å²) in [7, 11) is 0. The largest absolute Gasteiger partial charge is 0.462 e. The second kappa shape index (κ2) is 11.1. The minimum absolute atomic E-state index is 0.00323. The molecule has 0 spiro atoms. The second-order valence-electron chi connectivity index (χ2n) is 7.53. The molecule has 0 aliphatic carbocycles. The van der Waals surface area contributed by atoms with Crippen LogP contribution in [0.5, 0.6) is 0 Å². The molecule has 1 N–H and O–H groups in total. The molecule has 1 aliphatic heterocycles. The maximum atomic E-state index is 11.6. The third kappa shape index (κ3) is 8.12. The smallest absolute Gasteiger partial charge is 0.302 e. The fourth-order valence-electron chi connectivity index (χ4n) is 3.90. The van der Waals surface area contributed by atoms with Gasteiger partial charge in [0.25, 0.3) is 0 Å². The van der Waals surface area contributed by atoms with Crippen molar-refractivity contribution in [1.82, 2.24) is 5.32 Å². The van der Waals surface area contributed by atoms with Gasteiger partial charge in [-0.1, -0.05) is 43.7 Å². The Bertz CT molecular complexity index is 589. The highest BCUT2D eigenvalue weighted by molar-refractivity contribution is 5.73. The zero-order valence-corrected chi connectivity index (χ0v) is 16.8. The molecular formula is C22H33NO4. The molecule has 1 aromatic rings. The Hall–Kier alpha value is -1.88. The lowest BCUT2D eigenvalue weighted by Gasteiger charge is -2.37. The Morgan fingerprint density at radius 1 is 1.19 bits per heavy atom. The summed E-state index contributed by atoms with van der Waals surface area (Å²) < 4.78 is 11.8. The Morgan fingerprint density at radius 2 is 1.89 bits per heavy atom. The lowest BCUT2D eigenvalue weighted by Crippen LogP contribution is -2.45. The van der Waals surface area contributed by atoms with Gasteiger partial charge in [0.2, 0.25) is 5.91 Å². The van der Waals surface area contributed by atoms with E-state index in [1.165, 1.54) is 12.5 Å². The minimum atomic E-state index is -0.257. The molecule has 0 aromatic heterocycles. The molecule has 5 nitrogen and oxygen atoms in total. The zero-order chi connectivity index (χ0) is 19.6. The van der Waals surface area contributed by atoms with Gasteiger partial charge in [0, 0.05) is 26.3 Å². The van der Waals surface area contributed by atoms with Gasteiger partial charge < -0.3 is 14.8 Å². The topological polar surface area (TPSA) is 64.6 Å². The Morgan fingerprint density at radius 3 is 2.52 bits per heavy atom. The molecule has 2 rings (SSSR count). The van der Waals surface area contributed by atoms with Crippen LogP contribution in [-0.2, 0) is 25.5 Å². The van der Waals surface area contributed by atoms with Crippen LogP contribution in [0.1, 0.15) is 64.9 Å². The van der Waals surface area contributed by atoms with Crippen molar-refractivity contribution in [2.24, 2.45) is 0 Å². The molecule has 1 aromatic carbocycles. The van der Waals surface area contributed by atoms with Crippen LogP contribution < -0.4 is 5.32 Å². The van der Waals surface area contributed by atoms with Gasteiger partial charge in [-0.2, -0.15) is 0 Å². The van der Waals surface area contributed by atoms with Crippen molar-refractivity contribution in [2.75, 3.05) is 0 Å². The van der Waals surface area contributed by atoms with Gasteiger partial charge >= 0.3 is 5.97 Å². The van der Waals surface area contributed by atoms with E-state index >= 15 is 0 Å². The molecule has 1 heterocycles. The average Bonchev–Trinajstić information content (AvgIpc) is 2.59. The van der Waals surface area contributed by atoms with E-state index in [2.05, 4.69) is 24.4 Å². The summed E-state index contributed by atoms with van der Waals surface area (Å²) in [5.41, 5.74) is 1.24. The Labute approximate surface area is 162 Å². The monoisotopic (exact) mass is 375 g/mol. The summed E-state index contributed by atoms with van der Waals surface area (Å²) in [5, 5.41) is 3.05. The first-order valence-electron chi connectivity index (χ1n) is 10.1. The standard InChI is InChI=1S/C22H33NO4/c1-4-8-20-13-19(23-16(2)24)14-22(27-20)15-21(26-17(3)25)12-11-18-9-6-5-7-10-18/h5-7,9-10,19-22H,4,8,11-15H2,1-3H3,(H,23,24)/t19-,20+,21+,22+/m1/s1. The number of amides is 1. The summed E-state index contributed by atoms with van der Waals surface area (Å²) in [4.78, 5) is 23.1. The number of carbonyl (C=O) groups excluding carboxylic acids is 2. The van der Waals surface area contributed by atoms with Crippen LogP contribution in [0.15, 0.2) is 30.3 Å². The molecule has 4 atom stereocenters. The van der Waals surface area contributed by atoms with Crippen molar-refractivity contribution in [2.45, 2.75) is 90.1 Å². The van der Waals surface area contributed by atoms with Gasteiger partial charge in [-0.05, 0) is 37.7 Å². The molecule has 1 aliphatic rings. The first-order valence-corrected chi connectivity index (χ1v) is 10.1. The molecule has 27 heavy (non-hydrogen) atoms. The van der Waals surface area contributed by atoms with Crippen molar-refractivity contribution in [3.8, 4) is 0 Å². The van der Waals surface area contributed by atoms with Crippen LogP contribution in [0.4, 0.5) is 0 Å². The number of benzene rings is 1. The predicted molar refractivity (Wildman–Crippen MR) is 105 cm³/mol. The quantitative estimate of drug-likeness (QED) is 0.667. The van der Waals surface area contributed by atoms with Crippen molar-refractivity contribution in [3.63, 3.8) is 0 Å². The summed E-state index contributed by atoms with van der Waals surface area (Å²) in [6.07, 6.45) is 5.92. The van der Waals surface area contributed by atoms with Crippen LogP contribution in [0.3, 0.4) is 0 Å². The number of rotatable bonds is 9. The fraction of sp³-hybridized carbons (Fsp3) is 0.636. The zero-order valence-electron chi connectivity index (χ0n) is 16.8. The molecule has 0 bridgehead atoms. The van der Waals surface area contributed by atoms with Gasteiger partial charge in [0.05, 0.1) is 12.2 Å². The summed E-state index contributed by atoms with van der Waals surface area (Å²) in [6, 6.07) is 10.4. The third-order valence-corrected chi connectivity index (χ3v) is 4.95. The molecular weight excluding hydrogens is 342 g/mol. The van der Waals surface area contributed by atoms with Crippen molar-refractivity contribution in [3.05, 3.63) is 35.9 Å². The van der Waals surface area contributed by atoms with E-state index in [-0.39, 0.29) is 36.2 Å². The molecule has 0 radical (unpaired) electrons. The van der Waals surface area contributed by atoms with E-state index in [1.54, 1.807) is 6.92 Å². The Kier molecular flexibility index (Phi) is 8.79. The normalized spacial score (nSPS) is 23.4. The van der Waals surface area contributed by atoms with Gasteiger partial charge in [-0.3, -0.25) is 9.59 Å². The van der Waals surface area contributed by atoms with Crippen LogP contribution in [-0.4, -0.2) is 36.2 Å². The maximum Gasteiger partial charge on any atom is 0.302 e. The number of ether oxygens (including phenoxy) is 2. The predicted octanol–water partition coefficient (Wildman–Crippen LogP) is 3.79. The van der Waals surface area contributed by atoms with Gasteiger partial charge in [-0.25, -0.2) is 0 Å². The van der Waals surface area contributed by atoms with Gasteiger partial charge in [-0.15, -0.1) is 0 Å². The first-order chi connectivity index (χ1) is 13.0. The van der Waals surface area contributed by atoms with Gasteiger partial charge in [0.1, 0.15) is 6.10 Å². The summed E-state index contributed by atoms with van der Waals surface area (Å²) in [6.45, 7) is 5.15. The van der Waals surface area contributed by atoms with Crippen molar-refractivity contribution >= 4 is 11.9 Å². The van der Waals surface area contributed by atoms with Crippen molar-refractivity contribution in [1.29, 1.82) is 0 Å². The highest BCUT2D eigenvalue weighted by Crippen LogP contribution is 2.27. The SMILES string of the molecule is CCC[C@H]1C[C@@H](NC(C)=O)C[C@@H](C[C@H](CCc2ccccc2)OC(C)=O)O1. The number of aryl methyl sites for hydroxylation is 1.